The average Bonchev–Trinajstić information content (AvgIpc) is 3.53. The molecule has 164 valence electrons. The highest BCUT2D eigenvalue weighted by atomic mass is 16.7. The minimum atomic E-state index is -1.10. The van der Waals surface area contributed by atoms with Gasteiger partial charge < -0.3 is 19.2 Å². The molecule has 31 heavy (non-hydrogen) atoms. The normalized spacial score (nSPS) is 31.5. The van der Waals surface area contributed by atoms with E-state index in [-0.39, 0.29) is 23.2 Å². The lowest BCUT2D eigenvalue weighted by molar-refractivity contribution is -0.321. The Morgan fingerprint density at radius 3 is 2.32 bits per heavy atom. The first-order valence-electron chi connectivity index (χ1n) is 10.8. The van der Waals surface area contributed by atoms with E-state index in [0.717, 1.165) is 31.2 Å². The van der Waals surface area contributed by atoms with Crippen LogP contribution in [0.4, 0.5) is 0 Å². The molecule has 3 atom stereocenters. The maximum atomic E-state index is 14.1. The maximum Gasteiger partial charge on any atom is 0.376 e. The van der Waals surface area contributed by atoms with Gasteiger partial charge in [-0.15, -0.1) is 5.06 Å². The molecule has 2 saturated heterocycles. The predicted molar refractivity (Wildman–Crippen MR) is 108 cm³/mol. The van der Waals surface area contributed by atoms with E-state index < -0.39 is 23.0 Å². The molecule has 3 aliphatic heterocycles. The standard InChI is InChI=1S/C23H26N2O6/c1-29-19(26)17-18(20(27)30-2)31-25-22(17)12-8-11-16(22)23(25,15-9-4-3-5-10-15)21(28)24-13-6-7-14-24/h3-5,9-10,16H,6-8,11-14H2,1-2H3/t16-,22+,23-/m0/s1. The van der Waals surface area contributed by atoms with Crippen molar-refractivity contribution in [3.8, 4) is 0 Å². The summed E-state index contributed by atoms with van der Waals surface area (Å²) >= 11 is 0. The van der Waals surface area contributed by atoms with Crippen LogP contribution >= 0.6 is 0 Å². The highest BCUT2D eigenvalue weighted by Gasteiger charge is 2.82. The summed E-state index contributed by atoms with van der Waals surface area (Å²) in [4.78, 5) is 47.5. The maximum absolute atomic E-state index is 14.1. The fourth-order valence-corrected chi connectivity index (χ4v) is 6.20. The molecule has 1 aliphatic carbocycles. The second kappa shape index (κ2) is 7.09. The van der Waals surface area contributed by atoms with E-state index in [2.05, 4.69) is 0 Å². The van der Waals surface area contributed by atoms with Crippen LogP contribution in [0.1, 0.15) is 37.7 Å². The topological polar surface area (TPSA) is 85.4 Å². The first-order valence-corrected chi connectivity index (χ1v) is 10.8. The zero-order valence-corrected chi connectivity index (χ0v) is 17.8. The lowest BCUT2D eigenvalue weighted by atomic mass is 9.57. The Morgan fingerprint density at radius 1 is 1.00 bits per heavy atom. The smallest absolute Gasteiger partial charge is 0.376 e. The van der Waals surface area contributed by atoms with Gasteiger partial charge in [-0.2, -0.15) is 0 Å². The molecule has 3 fully saturated rings. The number of likely N-dealkylation sites (tertiary alicyclic amines) is 1. The number of carbonyl (C=O) groups excluding carboxylic acids is 3. The number of esters is 2. The van der Waals surface area contributed by atoms with Crippen molar-refractivity contribution in [1.82, 2.24) is 9.96 Å². The zero-order valence-electron chi connectivity index (χ0n) is 17.8. The highest BCUT2D eigenvalue weighted by Crippen LogP contribution is 2.70. The monoisotopic (exact) mass is 426 g/mol. The fourth-order valence-electron chi connectivity index (χ4n) is 6.20. The van der Waals surface area contributed by atoms with Crippen molar-refractivity contribution in [1.29, 1.82) is 0 Å². The summed E-state index contributed by atoms with van der Waals surface area (Å²) in [6, 6.07) is 9.55. The average molecular weight is 426 g/mol. The first kappa shape index (κ1) is 20.1. The highest BCUT2D eigenvalue weighted by molar-refractivity contribution is 6.03. The van der Waals surface area contributed by atoms with Gasteiger partial charge in [0.2, 0.25) is 5.76 Å². The number of carbonyl (C=O) groups is 3. The van der Waals surface area contributed by atoms with Crippen LogP contribution in [0, 0.1) is 5.92 Å². The van der Waals surface area contributed by atoms with Crippen LogP contribution in [-0.4, -0.2) is 60.7 Å². The molecular weight excluding hydrogens is 400 g/mol. The molecule has 8 nitrogen and oxygen atoms in total. The molecule has 0 unspecified atom stereocenters. The predicted octanol–water partition coefficient (Wildman–Crippen LogP) is 1.90. The van der Waals surface area contributed by atoms with Crippen molar-refractivity contribution < 1.29 is 28.7 Å². The van der Waals surface area contributed by atoms with E-state index in [1.165, 1.54) is 14.2 Å². The van der Waals surface area contributed by atoms with Gasteiger partial charge in [-0.05, 0) is 31.2 Å². The molecule has 3 heterocycles. The quantitative estimate of drug-likeness (QED) is 0.680. The van der Waals surface area contributed by atoms with Crippen molar-refractivity contribution in [3.63, 3.8) is 0 Å². The van der Waals surface area contributed by atoms with Gasteiger partial charge >= 0.3 is 11.9 Å². The van der Waals surface area contributed by atoms with Crippen LogP contribution in [0.2, 0.25) is 0 Å². The lowest BCUT2D eigenvalue weighted by Crippen LogP contribution is -2.79. The largest absolute Gasteiger partial charge is 0.465 e. The van der Waals surface area contributed by atoms with Crippen LogP contribution in [0.25, 0.3) is 0 Å². The Labute approximate surface area is 180 Å². The van der Waals surface area contributed by atoms with Crippen molar-refractivity contribution in [2.45, 2.75) is 43.2 Å². The molecule has 1 aromatic carbocycles. The number of rotatable bonds is 4. The van der Waals surface area contributed by atoms with E-state index in [1.54, 1.807) is 5.06 Å². The molecule has 0 N–H and O–H groups in total. The summed E-state index contributed by atoms with van der Waals surface area (Å²) in [7, 11) is 2.53. The molecular formula is C23H26N2O6. The second-order valence-corrected chi connectivity index (χ2v) is 8.57. The van der Waals surface area contributed by atoms with E-state index in [9.17, 15) is 14.4 Å². The van der Waals surface area contributed by atoms with Crippen molar-refractivity contribution in [2.75, 3.05) is 27.3 Å². The van der Waals surface area contributed by atoms with Crippen LogP contribution in [0.3, 0.4) is 0 Å². The zero-order chi connectivity index (χ0) is 21.8. The van der Waals surface area contributed by atoms with Crippen LogP contribution in [0.15, 0.2) is 41.7 Å². The summed E-state index contributed by atoms with van der Waals surface area (Å²) in [6.45, 7) is 1.39. The minimum absolute atomic E-state index is 0.0333. The van der Waals surface area contributed by atoms with Gasteiger partial charge in [-0.1, -0.05) is 36.8 Å². The molecule has 8 heteroatoms. The Bertz CT molecular complexity index is 970. The number of hydrogen-bond acceptors (Lipinski definition) is 7. The van der Waals surface area contributed by atoms with E-state index >= 15 is 0 Å². The number of hydrogen-bond donors (Lipinski definition) is 0. The van der Waals surface area contributed by atoms with Gasteiger partial charge in [0.05, 0.1) is 14.2 Å². The summed E-state index contributed by atoms with van der Waals surface area (Å²) in [5.41, 5.74) is -0.992. The molecule has 1 saturated carbocycles. The summed E-state index contributed by atoms with van der Waals surface area (Å²) in [5.74, 6) is -1.79. The Hall–Kier alpha value is -2.87. The number of hydroxylamine groups is 2. The van der Waals surface area contributed by atoms with Crippen molar-refractivity contribution in [3.05, 3.63) is 47.2 Å². The number of nitrogens with zero attached hydrogens (tertiary/aromatic N) is 2. The van der Waals surface area contributed by atoms with E-state index in [4.69, 9.17) is 14.3 Å². The molecule has 0 aromatic heterocycles. The number of ether oxygens (including phenoxy) is 2. The lowest BCUT2D eigenvalue weighted by Gasteiger charge is -2.63. The first-order chi connectivity index (χ1) is 15.0. The van der Waals surface area contributed by atoms with Crippen molar-refractivity contribution >= 4 is 17.8 Å². The Morgan fingerprint density at radius 2 is 1.68 bits per heavy atom. The molecule has 4 aliphatic rings. The van der Waals surface area contributed by atoms with Crippen LogP contribution < -0.4 is 0 Å². The number of methoxy groups -OCH3 is 2. The van der Waals surface area contributed by atoms with E-state index in [1.807, 2.05) is 35.2 Å². The fraction of sp³-hybridized carbons (Fsp3) is 0.522. The molecule has 1 aromatic rings. The van der Waals surface area contributed by atoms with Crippen LogP contribution in [0.5, 0.6) is 0 Å². The van der Waals surface area contributed by atoms with Gasteiger partial charge in [-0.3, -0.25) is 4.79 Å². The number of benzene rings is 1. The second-order valence-electron chi connectivity index (χ2n) is 8.57. The van der Waals surface area contributed by atoms with Gasteiger partial charge in [-0.25, -0.2) is 9.59 Å². The summed E-state index contributed by atoms with van der Waals surface area (Å²) in [6.07, 6.45) is 4.08. The molecule has 5 rings (SSSR count). The molecule has 0 bridgehead atoms. The Balaban J connectivity index is 1.69. The third-order valence-corrected chi connectivity index (χ3v) is 7.35. The third-order valence-electron chi connectivity index (χ3n) is 7.35. The van der Waals surface area contributed by atoms with Gasteiger partial charge in [0.15, 0.2) is 5.54 Å². The Kier molecular flexibility index (Phi) is 4.58. The third kappa shape index (κ3) is 2.36. The van der Waals surface area contributed by atoms with Gasteiger partial charge in [0, 0.05) is 19.0 Å². The number of amides is 1. The molecule has 1 spiro atoms. The molecule has 1 amide bonds. The van der Waals surface area contributed by atoms with Gasteiger partial charge in [0.25, 0.3) is 5.91 Å². The van der Waals surface area contributed by atoms with Gasteiger partial charge in [0.1, 0.15) is 11.1 Å². The van der Waals surface area contributed by atoms with Crippen molar-refractivity contribution in [2.24, 2.45) is 5.92 Å². The molecule has 0 radical (unpaired) electrons. The summed E-state index contributed by atoms with van der Waals surface area (Å²) in [5, 5.41) is 1.62. The summed E-state index contributed by atoms with van der Waals surface area (Å²) < 4.78 is 9.95. The minimum Gasteiger partial charge on any atom is -0.465 e. The SMILES string of the molecule is COC(=O)C1=C(C(=O)OC)[C@@]23CCC[C@@H]2[C@](C(=O)N2CCCC2)(c2ccccc2)N3O1. The van der Waals surface area contributed by atoms with Crippen LogP contribution in [-0.2, 0) is 34.2 Å². The van der Waals surface area contributed by atoms with E-state index in [0.29, 0.717) is 19.5 Å².